The minimum absolute atomic E-state index is 0.929. The number of pyridine rings is 2. The van der Waals surface area contributed by atoms with Gasteiger partial charge in [0.05, 0.1) is 16.7 Å². The van der Waals surface area contributed by atoms with E-state index >= 15 is 0 Å². The van der Waals surface area contributed by atoms with Crippen LogP contribution in [0.3, 0.4) is 0 Å². The standard InChI is InChI=1S/C39H26N2/c1-25-13-19-33-31(22-25)23-30-10-5-6-12-32(30)37(33)28-16-14-26(15-17-28)35-24-36(27-8-3-2-4-9-27)41-39-34(35)20-18-29-11-7-21-40-38(29)39/h2-24H,1H3. The van der Waals surface area contributed by atoms with Crippen LogP contribution in [0.15, 0.2) is 140 Å². The number of aromatic nitrogens is 2. The summed E-state index contributed by atoms with van der Waals surface area (Å²) in [6.45, 7) is 2.16. The van der Waals surface area contributed by atoms with Crippen molar-refractivity contribution in [3.8, 4) is 33.5 Å². The van der Waals surface area contributed by atoms with Gasteiger partial charge in [-0.1, -0.05) is 121 Å². The van der Waals surface area contributed by atoms with Crippen LogP contribution in [-0.4, -0.2) is 9.97 Å². The zero-order chi connectivity index (χ0) is 27.3. The highest BCUT2D eigenvalue weighted by molar-refractivity contribution is 6.13. The molecule has 0 aliphatic rings. The van der Waals surface area contributed by atoms with Crippen molar-refractivity contribution >= 4 is 43.4 Å². The van der Waals surface area contributed by atoms with Crippen LogP contribution in [-0.2, 0) is 0 Å². The number of hydrogen-bond acceptors (Lipinski definition) is 2. The Bertz CT molecular complexity index is 2250. The molecule has 2 aromatic heterocycles. The zero-order valence-electron chi connectivity index (χ0n) is 22.7. The molecule has 2 nitrogen and oxygen atoms in total. The highest BCUT2D eigenvalue weighted by Gasteiger charge is 2.14. The lowest BCUT2D eigenvalue weighted by molar-refractivity contribution is 1.37. The van der Waals surface area contributed by atoms with Crippen LogP contribution in [0.2, 0.25) is 0 Å². The molecule has 0 fully saturated rings. The van der Waals surface area contributed by atoms with Crippen LogP contribution in [0.5, 0.6) is 0 Å². The van der Waals surface area contributed by atoms with Gasteiger partial charge in [0.2, 0.25) is 0 Å². The van der Waals surface area contributed by atoms with E-state index in [9.17, 15) is 0 Å². The number of fused-ring (bicyclic) bond motifs is 5. The Labute approximate surface area is 238 Å². The molecule has 8 aromatic rings. The lowest BCUT2D eigenvalue weighted by Crippen LogP contribution is -1.92. The van der Waals surface area contributed by atoms with Crippen LogP contribution < -0.4 is 0 Å². The number of nitrogens with zero attached hydrogens (tertiary/aromatic N) is 2. The smallest absolute Gasteiger partial charge is 0.0978 e. The van der Waals surface area contributed by atoms with E-state index in [4.69, 9.17) is 9.97 Å². The summed E-state index contributed by atoms with van der Waals surface area (Å²) in [5, 5.41) is 7.29. The van der Waals surface area contributed by atoms with Crippen molar-refractivity contribution in [2.24, 2.45) is 0 Å². The summed E-state index contributed by atoms with van der Waals surface area (Å²) in [7, 11) is 0. The molecule has 0 unspecified atom stereocenters. The quantitative estimate of drug-likeness (QED) is 0.170. The van der Waals surface area contributed by atoms with Crippen molar-refractivity contribution in [3.63, 3.8) is 0 Å². The summed E-state index contributed by atoms with van der Waals surface area (Å²) in [6.07, 6.45) is 1.85. The average Bonchev–Trinajstić information content (AvgIpc) is 3.03. The molecule has 2 heteroatoms. The van der Waals surface area contributed by atoms with Crippen LogP contribution in [0.4, 0.5) is 0 Å². The van der Waals surface area contributed by atoms with Gasteiger partial charge in [-0.25, -0.2) is 4.98 Å². The molecule has 0 saturated heterocycles. The molecule has 192 valence electrons. The van der Waals surface area contributed by atoms with E-state index in [2.05, 4.69) is 128 Å². The van der Waals surface area contributed by atoms with Gasteiger partial charge in [-0.05, 0) is 68.9 Å². The Kier molecular flexibility index (Phi) is 5.39. The number of aryl methyl sites for hydroxylation is 1. The highest BCUT2D eigenvalue weighted by Crippen LogP contribution is 2.39. The maximum atomic E-state index is 5.14. The maximum absolute atomic E-state index is 5.14. The van der Waals surface area contributed by atoms with E-state index in [0.29, 0.717) is 0 Å². The highest BCUT2D eigenvalue weighted by atomic mass is 14.8. The van der Waals surface area contributed by atoms with Gasteiger partial charge in [0, 0.05) is 22.5 Å². The molecular weight excluding hydrogens is 496 g/mol. The Morgan fingerprint density at radius 3 is 2.07 bits per heavy atom. The van der Waals surface area contributed by atoms with Crippen molar-refractivity contribution in [1.29, 1.82) is 0 Å². The monoisotopic (exact) mass is 522 g/mol. The van der Waals surface area contributed by atoms with Gasteiger partial charge in [-0.15, -0.1) is 0 Å². The first-order chi connectivity index (χ1) is 20.2. The van der Waals surface area contributed by atoms with Crippen molar-refractivity contribution in [1.82, 2.24) is 9.97 Å². The van der Waals surface area contributed by atoms with Gasteiger partial charge in [-0.3, -0.25) is 4.98 Å². The molecule has 0 atom stereocenters. The SMILES string of the molecule is Cc1ccc2c(-c3ccc(-c4cc(-c5ccccc5)nc5c4ccc4cccnc45)cc3)c3ccccc3cc2c1. The van der Waals surface area contributed by atoms with Crippen LogP contribution in [0.1, 0.15) is 5.56 Å². The molecule has 0 spiro atoms. The second kappa shape index (κ2) is 9.39. The van der Waals surface area contributed by atoms with E-state index in [-0.39, 0.29) is 0 Å². The first kappa shape index (κ1) is 23.5. The van der Waals surface area contributed by atoms with E-state index in [1.165, 1.54) is 38.2 Å². The maximum Gasteiger partial charge on any atom is 0.0978 e. The second-order valence-electron chi connectivity index (χ2n) is 10.7. The Morgan fingerprint density at radius 2 is 1.20 bits per heavy atom. The minimum atomic E-state index is 0.929. The first-order valence-corrected chi connectivity index (χ1v) is 14.0. The normalized spacial score (nSPS) is 11.5. The summed E-state index contributed by atoms with van der Waals surface area (Å²) < 4.78 is 0. The predicted octanol–water partition coefficient (Wildman–Crippen LogP) is 10.4. The fourth-order valence-corrected chi connectivity index (χ4v) is 6.14. The van der Waals surface area contributed by atoms with Gasteiger partial charge >= 0.3 is 0 Å². The molecule has 0 saturated carbocycles. The van der Waals surface area contributed by atoms with Crippen molar-refractivity contribution in [2.75, 3.05) is 0 Å². The number of benzene rings is 6. The van der Waals surface area contributed by atoms with E-state index in [0.717, 1.165) is 44.2 Å². The molecule has 0 amide bonds. The van der Waals surface area contributed by atoms with Crippen LogP contribution in [0.25, 0.3) is 76.9 Å². The summed E-state index contributed by atoms with van der Waals surface area (Å²) in [5.74, 6) is 0. The molecule has 2 heterocycles. The van der Waals surface area contributed by atoms with Crippen molar-refractivity contribution < 1.29 is 0 Å². The third-order valence-corrected chi connectivity index (χ3v) is 8.12. The van der Waals surface area contributed by atoms with Crippen LogP contribution in [0, 0.1) is 6.92 Å². The first-order valence-electron chi connectivity index (χ1n) is 14.0. The lowest BCUT2D eigenvalue weighted by atomic mass is 9.90. The topological polar surface area (TPSA) is 25.8 Å². The summed E-state index contributed by atoms with van der Waals surface area (Å²) in [4.78, 5) is 9.87. The van der Waals surface area contributed by atoms with Crippen LogP contribution >= 0.6 is 0 Å². The fourth-order valence-electron chi connectivity index (χ4n) is 6.14. The molecular formula is C39H26N2. The number of hydrogen-bond donors (Lipinski definition) is 0. The molecule has 8 rings (SSSR count). The van der Waals surface area contributed by atoms with Gasteiger partial charge < -0.3 is 0 Å². The average molecular weight is 523 g/mol. The fraction of sp³-hybridized carbons (Fsp3) is 0.0256. The molecule has 0 aliphatic carbocycles. The van der Waals surface area contributed by atoms with Crippen molar-refractivity contribution in [3.05, 3.63) is 145 Å². The molecule has 0 radical (unpaired) electrons. The van der Waals surface area contributed by atoms with Gasteiger partial charge in [-0.2, -0.15) is 0 Å². The zero-order valence-corrected chi connectivity index (χ0v) is 22.7. The Hall–Kier alpha value is -5.34. The van der Waals surface area contributed by atoms with Gasteiger partial charge in [0.25, 0.3) is 0 Å². The van der Waals surface area contributed by atoms with Gasteiger partial charge in [0.15, 0.2) is 0 Å². The minimum Gasteiger partial charge on any atom is -0.254 e. The third-order valence-electron chi connectivity index (χ3n) is 8.12. The predicted molar refractivity (Wildman–Crippen MR) is 173 cm³/mol. The number of rotatable bonds is 3. The molecule has 6 aromatic carbocycles. The summed E-state index contributed by atoms with van der Waals surface area (Å²) in [6, 6.07) is 47.8. The Balaban J connectivity index is 1.35. The molecule has 0 N–H and O–H groups in total. The summed E-state index contributed by atoms with van der Waals surface area (Å²) >= 11 is 0. The van der Waals surface area contributed by atoms with E-state index < -0.39 is 0 Å². The summed E-state index contributed by atoms with van der Waals surface area (Å²) in [5.41, 5.74) is 9.99. The van der Waals surface area contributed by atoms with Gasteiger partial charge in [0.1, 0.15) is 0 Å². The Morgan fingerprint density at radius 1 is 0.463 bits per heavy atom. The molecule has 0 bridgehead atoms. The lowest BCUT2D eigenvalue weighted by Gasteiger charge is -2.15. The van der Waals surface area contributed by atoms with E-state index in [1.807, 2.05) is 18.3 Å². The van der Waals surface area contributed by atoms with E-state index in [1.54, 1.807) is 0 Å². The second-order valence-corrected chi connectivity index (χ2v) is 10.7. The molecule has 41 heavy (non-hydrogen) atoms. The third kappa shape index (κ3) is 3.96. The molecule has 0 aliphatic heterocycles. The largest absolute Gasteiger partial charge is 0.254 e. The van der Waals surface area contributed by atoms with Crippen molar-refractivity contribution in [2.45, 2.75) is 6.92 Å².